The van der Waals surface area contributed by atoms with E-state index in [-0.39, 0.29) is 24.1 Å². The first kappa shape index (κ1) is 17.9. The van der Waals surface area contributed by atoms with Crippen LogP contribution in [0.4, 0.5) is 4.39 Å². The highest BCUT2D eigenvalue weighted by Gasteiger charge is 2.30. The molecule has 0 unspecified atom stereocenters. The van der Waals surface area contributed by atoms with Crippen LogP contribution in [-0.2, 0) is 20.7 Å². The summed E-state index contributed by atoms with van der Waals surface area (Å²) in [5.41, 5.74) is 1.04. The van der Waals surface area contributed by atoms with Crippen molar-refractivity contribution in [1.82, 2.24) is 5.32 Å². The molecule has 1 aliphatic carbocycles. The van der Waals surface area contributed by atoms with E-state index < -0.39 is 17.9 Å². The van der Waals surface area contributed by atoms with Crippen LogP contribution in [0.3, 0.4) is 0 Å². The molecule has 0 heterocycles. The summed E-state index contributed by atoms with van der Waals surface area (Å²) in [6.45, 7) is 0. The average molecular weight is 357 g/mol. The molecule has 136 valence electrons. The van der Waals surface area contributed by atoms with Gasteiger partial charge in [0.1, 0.15) is 0 Å². The third-order valence-corrected chi connectivity index (χ3v) is 4.08. The van der Waals surface area contributed by atoms with Crippen molar-refractivity contribution in [2.75, 3.05) is 7.11 Å². The number of rotatable bonds is 7. The molecule has 2 aromatic rings. The molecule has 1 atom stereocenters. The van der Waals surface area contributed by atoms with E-state index in [0.717, 1.165) is 12.8 Å². The normalized spacial score (nSPS) is 14.4. The summed E-state index contributed by atoms with van der Waals surface area (Å²) in [4.78, 5) is 24.8. The lowest BCUT2D eigenvalue weighted by Gasteiger charge is -2.18. The van der Waals surface area contributed by atoms with E-state index in [1.165, 1.54) is 19.2 Å². The second-order valence-electron chi connectivity index (χ2n) is 6.21. The van der Waals surface area contributed by atoms with Crippen LogP contribution < -0.4 is 10.1 Å². The van der Waals surface area contributed by atoms with Crippen LogP contribution in [0.15, 0.2) is 48.5 Å². The lowest BCUT2D eigenvalue weighted by atomic mass is 10.1. The Labute approximate surface area is 151 Å². The third-order valence-electron chi connectivity index (χ3n) is 4.08. The zero-order valence-electron chi connectivity index (χ0n) is 14.4. The molecule has 2 aromatic carbocycles. The summed E-state index contributed by atoms with van der Waals surface area (Å²) in [6.07, 6.45) is 0.715. The summed E-state index contributed by atoms with van der Waals surface area (Å²) in [6, 6.07) is 13.3. The van der Waals surface area contributed by atoms with Gasteiger partial charge in [-0.15, -0.1) is 0 Å². The maximum Gasteiger partial charge on any atom is 0.311 e. The van der Waals surface area contributed by atoms with E-state index in [9.17, 15) is 14.0 Å². The van der Waals surface area contributed by atoms with E-state index in [0.29, 0.717) is 11.1 Å². The first-order valence-corrected chi connectivity index (χ1v) is 8.44. The fourth-order valence-corrected chi connectivity index (χ4v) is 2.56. The summed E-state index contributed by atoms with van der Waals surface area (Å²) in [5.74, 6) is -1.39. The largest absolute Gasteiger partial charge is 0.494 e. The number of ether oxygens (including phenoxy) is 2. The van der Waals surface area contributed by atoms with Gasteiger partial charge in [0, 0.05) is 11.6 Å². The second kappa shape index (κ2) is 7.99. The Morgan fingerprint density at radius 1 is 1.19 bits per heavy atom. The average Bonchev–Trinajstić information content (AvgIpc) is 3.44. The SMILES string of the molecule is COc1ccc(CC(=O)O[C@@H](C(=O)NC2CC2)c2ccccc2)cc1F. The van der Waals surface area contributed by atoms with Crippen LogP contribution >= 0.6 is 0 Å². The van der Waals surface area contributed by atoms with Gasteiger partial charge in [-0.05, 0) is 30.5 Å². The molecular weight excluding hydrogens is 337 g/mol. The molecule has 0 spiro atoms. The molecule has 1 saturated carbocycles. The summed E-state index contributed by atoms with van der Waals surface area (Å²) >= 11 is 0. The monoisotopic (exact) mass is 357 g/mol. The van der Waals surface area contributed by atoms with Gasteiger partial charge in [-0.2, -0.15) is 0 Å². The highest BCUT2D eigenvalue weighted by molar-refractivity contribution is 5.85. The van der Waals surface area contributed by atoms with Crippen molar-refractivity contribution < 1.29 is 23.5 Å². The van der Waals surface area contributed by atoms with Crippen LogP contribution in [0.25, 0.3) is 0 Å². The van der Waals surface area contributed by atoms with Gasteiger partial charge in [0.2, 0.25) is 6.10 Å². The maximum atomic E-state index is 13.8. The van der Waals surface area contributed by atoms with E-state index in [1.807, 2.05) is 6.07 Å². The molecule has 1 aliphatic rings. The Bertz CT molecular complexity index is 790. The van der Waals surface area contributed by atoms with Crippen LogP contribution in [0.5, 0.6) is 5.75 Å². The molecular formula is C20H20FNO4. The van der Waals surface area contributed by atoms with Crippen LogP contribution in [-0.4, -0.2) is 25.0 Å². The van der Waals surface area contributed by atoms with E-state index in [4.69, 9.17) is 9.47 Å². The highest BCUT2D eigenvalue weighted by atomic mass is 19.1. The lowest BCUT2D eigenvalue weighted by Crippen LogP contribution is -2.33. The van der Waals surface area contributed by atoms with Crippen molar-refractivity contribution in [1.29, 1.82) is 0 Å². The summed E-state index contributed by atoms with van der Waals surface area (Å²) in [5, 5.41) is 2.85. The van der Waals surface area contributed by atoms with Gasteiger partial charge in [-0.25, -0.2) is 4.39 Å². The molecule has 1 N–H and O–H groups in total. The van der Waals surface area contributed by atoms with Crippen molar-refractivity contribution in [2.24, 2.45) is 0 Å². The Balaban J connectivity index is 1.70. The molecule has 5 nitrogen and oxygen atoms in total. The lowest BCUT2D eigenvalue weighted by molar-refractivity contribution is -0.156. The quantitative estimate of drug-likeness (QED) is 0.774. The molecule has 0 saturated heterocycles. The number of hydrogen-bond donors (Lipinski definition) is 1. The second-order valence-corrected chi connectivity index (χ2v) is 6.21. The zero-order valence-corrected chi connectivity index (χ0v) is 14.4. The Morgan fingerprint density at radius 2 is 1.92 bits per heavy atom. The Kier molecular flexibility index (Phi) is 5.51. The van der Waals surface area contributed by atoms with Crippen molar-refractivity contribution in [3.8, 4) is 5.75 Å². The summed E-state index contributed by atoms with van der Waals surface area (Å²) < 4.78 is 24.0. The van der Waals surface area contributed by atoms with Gasteiger partial charge in [0.15, 0.2) is 11.6 Å². The maximum absolute atomic E-state index is 13.8. The smallest absolute Gasteiger partial charge is 0.311 e. The minimum Gasteiger partial charge on any atom is -0.494 e. The predicted molar refractivity (Wildman–Crippen MR) is 93.1 cm³/mol. The van der Waals surface area contributed by atoms with Crippen molar-refractivity contribution in [2.45, 2.75) is 31.4 Å². The predicted octanol–water partition coefficient (Wildman–Crippen LogP) is 2.94. The number of halogens is 1. The first-order valence-electron chi connectivity index (χ1n) is 8.44. The number of amides is 1. The molecule has 0 radical (unpaired) electrons. The number of carbonyl (C=O) groups excluding carboxylic acids is 2. The van der Waals surface area contributed by atoms with E-state index >= 15 is 0 Å². The Morgan fingerprint density at radius 3 is 2.54 bits per heavy atom. The van der Waals surface area contributed by atoms with Crippen molar-refractivity contribution >= 4 is 11.9 Å². The molecule has 1 fully saturated rings. The first-order chi connectivity index (χ1) is 12.6. The number of benzene rings is 2. The number of carbonyl (C=O) groups is 2. The summed E-state index contributed by atoms with van der Waals surface area (Å²) in [7, 11) is 1.37. The van der Waals surface area contributed by atoms with E-state index in [2.05, 4.69) is 5.32 Å². The van der Waals surface area contributed by atoms with Crippen LogP contribution in [0.1, 0.15) is 30.1 Å². The fraction of sp³-hybridized carbons (Fsp3) is 0.300. The molecule has 0 bridgehead atoms. The third kappa shape index (κ3) is 4.59. The minimum absolute atomic E-state index is 0.105. The Hall–Kier alpha value is -2.89. The van der Waals surface area contributed by atoms with E-state index in [1.54, 1.807) is 30.3 Å². The number of nitrogens with one attached hydrogen (secondary N) is 1. The number of esters is 1. The fourth-order valence-electron chi connectivity index (χ4n) is 2.56. The standard InChI is InChI=1S/C20H20FNO4/c1-25-17-10-7-13(11-16(17)21)12-18(23)26-19(14-5-3-2-4-6-14)20(24)22-15-8-9-15/h2-7,10-11,15,19H,8-9,12H2,1H3,(H,22,24)/t19-/m1/s1. The molecule has 26 heavy (non-hydrogen) atoms. The highest BCUT2D eigenvalue weighted by Crippen LogP contribution is 2.24. The zero-order chi connectivity index (χ0) is 18.5. The molecule has 0 aromatic heterocycles. The van der Waals surface area contributed by atoms with Gasteiger partial charge in [-0.3, -0.25) is 9.59 Å². The number of methoxy groups -OCH3 is 1. The van der Waals surface area contributed by atoms with Gasteiger partial charge >= 0.3 is 5.97 Å². The molecule has 6 heteroatoms. The number of hydrogen-bond acceptors (Lipinski definition) is 4. The van der Waals surface area contributed by atoms with Gasteiger partial charge in [0.25, 0.3) is 5.91 Å². The van der Waals surface area contributed by atoms with Crippen LogP contribution in [0.2, 0.25) is 0 Å². The minimum atomic E-state index is -1.02. The molecule has 0 aliphatic heterocycles. The van der Waals surface area contributed by atoms with Crippen LogP contribution in [0, 0.1) is 5.82 Å². The van der Waals surface area contributed by atoms with Gasteiger partial charge in [-0.1, -0.05) is 36.4 Å². The molecule has 1 amide bonds. The van der Waals surface area contributed by atoms with Gasteiger partial charge < -0.3 is 14.8 Å². The molecule has 3 rings (SSSR count). The van der Waals surface area contributed by atoms with Crippen molar-refractivity contribution in [3.63, 3.8) is 0 Å². The van der Waals surface area contributed by atoms with Crippen molar-refractivity contribution in [3.05, 3.63) is 65.5 Å². The topological polar surface area (TPSA) is 64.6 Å². The van der Waals surface area contributed by atoms with Gasteiger partial charge in [0.05, 0.1) is 13.5 Å².